The molecular weight excluding hydrogens is 222 g/mol. The second-order valence-electron chi connectivity index (χ2n) is 3.37. The van der Waals surface area contributed by atoms with E-state index in [1.807, 2.05) is 0 Å². The molecule has 1 aromatic heterocycles. The van der Waals surface area contributed by atoms with Crippen molar-refractivity contribution in [2.45, 2.75) is 19.3 Å². The highest BCUT2D eigenvalue weighted by molar-refractivity contribution is 7.12. The van der Waals surface area contributed by atoms with Gasteiger partial charge in [-0.15, -0.1) is 11.3 Å². The smallest absolute Gasteiger partial charge is 0.351 e. The minimum absolute atomic E-state index is 0.244. The van der Waals surface area contributed by atoms with E-state index in [1.165, 1.54) is 30.6 Å². The summed E-state index contributed by atoms with van der Waals surface area (Å²) < 4.78 is 5.12. The van der Waals surface area contributed by atoms with Crippen LogP contribution in [0, 0.1) is 5.92 Å². The molecular formula is C9H10ClNO2S. The maximum absolute atomic E-state index is 11.4. The second kappa shape index (κ2) is 4.28. The molecule has 0 N–H and O–H groups in total. The second-order valence-corrected chi connectivity index (χ2v) is 4.58. The molecule has 1 aromatic rings. The van der Waals surface area contributed by atoms with Gasteiger partial charge in [0.1, 0.15) is 0 Å². The molecule has 14 heavy (non-hydrogen) atoms. The summed E-state index contributed by atoms with van der Waals surface area (Å²) >= 11 is 6.91. The molecule has 0 unspecified atom stereocenters. The van der Waals surface area contributed by atoms with Crippen LogP contribution in [0.1, 0.15) is 28.9 Å². The summed E-state index contributed by atoms with van der Waals surface area (Å²) in [5.74, 6) is 0.218. The topological polar surface area (TPSA) is 39.2 Å². The van der Waals surface area contributed by atoms with E-state index in [0.29, 0.717) is 17.4 Å². The Bertz CT molecular complexity index is 335. The summed E-state index contributed by atoms with van der Waals surface area (Å²) in [5, 5.41) is 0.244. The van der Waals surface area contributed by atoms with Gasteiger partial charge in [-0.05, 0) is 18.8 Å². The third kappa shape index (κ3) is 2.07. The molecule has 2 rings (SSSR count). The first kappa shape index (κ1) is 9.93. The van der Waals surface area contributed by atoms with E-state index in [9.17, 15) is 4.79 Å². The number of thiazole rings is 1. The zero-order chi connectivity index (χ0) is 9.97. The SMILES string of the molecule is O=C(OCC1CCC1)c1scnc1Cl. The van der Waals surface area contributed by atoms with E-state index in [2.05, 4.69) is 4.98 Å². The minimum atomic E-state index is -0.343. The summed E-state index contributed by atoms with van der Waals surface area (Å²) in [6.07, 6.45) is 3.59. The highest BCUT2D eigenvalue weighted by Crippen LogP contribution is 2.27. The molecule has 0 radical (unpaired) electrons. The first-order valence-electron chi connectivity index (χ1n) is 4.53. The van der Waals surface area contributed by atoms with Gasteiger partial charge >= 0.3 is 5.97 Å². The summed E-state index contributed by atoms with van der Waals surface area (Å²) in [5.41, 5.74) is 1.54. The van der Waals surface area contributed by atoms with Crippen molar-refractivity contribution in [1.29, 1.82) is 0 Å². The average molecular weight is 232 g/mol. The third-order valence-corrected chi connectivity index (χ3v) is 3.59. The molecule has 0 atom stereocenters. The van der Waals surface area contributed by atoms with E-state index in [-0.39, 0.29) is 11.1 Å². The Morgan fingerprint density at radius 2 is 2.50 bits per heavy atom. The fraction of sp³-hybridized carbons (Fsp3) is 0.556. The van der Waals surface area contributed by atoms with E-state index >= 15 is 0 Å². The molecule has 0 amide bonds. The number of hydrogen-bond donors (Lipinski definition) is 0. The molecule has 3 nitrogen and oxygen atoms in total. The van der Waals surface area contributed by atoms with Crippen molar-refractivity contribution in [3.8, 4) is 0 Å². The average Bonchev–Trinajstić information content (AvgIpc) is 2.48. The highest BCUT2D eigenvalue weighted by Gasteiger charge is 2.21. The standard InChI is InChI=1S/C9H10ClNO2S/c10-8-7(14-5-11-8)9(12)13-4-6-2-1-3-6/h5-6H,1-4H2. The number of hydrogen-bond acceptors (Lipinski definition) is 4. The van der Waals surface area contributed by atoms with Crippen LogP contribution in [0.15, 0.2) is 5.51 Å². The zero-order valence-electron chi connectivity index (χ0n) is 7.53. The quantitative estimate of drug-likeness (QED) is 0.751. The largest absolute Gasteiger partial charge is 0.461 e. The monoisotopic (exact) mass is 231 g/mol. The Hall–Kier alpha value is -0.610. The molecule has 5 heteroatoms. The number of nitrogens with zero attached hydrogens (tertiary/aromatic N) is 1. The normalized spacial score (nSPS) is 16.4. The van der Waals surface area contributed by atoms with Gasteiger partial charge in [-0.2, -0.15) is 0 Å². The van der Waals surface area contributed by atoms with Gasteiger partial charge in [0.25, 0.3) is 0 Å². The molecule has 0 spiro atoms. The predicted molar refractivity (Wildman–Crippen MR) is 54.7 cm³/mol. The van der Waals surface area contributed by atoms with Crippen LogP contribution >= 0.6 is 22.9 Å². The van der Waals surface area contributed by atoms with Gasteiger partial charge in [0.05, 0.1) is 12.1 Å². The molecule has 1 fully saturated rings. The van der Waals surface area contributed by atoms with Crippen LogP contribution in [0.4, 0.5) is 0 Å². The first-order chi connectivity index (χ1) is 6.77. The molecule has 1 aliphatic carbocycles. The van der Waals surface area contributed by atoms with Crippen LogP contribution in [0.2, 0.25) is 5.15 Å². The molecule has 1 saturated carbocycles. The number of aromatic nitrogens is 1. The van der Waals surface area contributed by atoms with E-state index in [4.69, 9.17) is 16.3 Å². The lowest BCUT2D eigenvalue weighted by Gasteiger charge is -2.24. The maximum Gasteiger partial charge on any atom is 0.351 e. The lowest BCUT2D eigenvalue weighted by atomic mass is 9.86. The number of halogens is 1. The number of carbonyl (C=O) groups excluding carboxylic acids is 1. The Balaban J connectivity index is 1.86. The lowest BCUT2D eigenvalue weighted by Crippen LogP contribution is -2.19. The summed E-state index contributed by atoms with van der Waals surface area (Å²) in [6, 6.07) is 0. The Kier molecular flexibility index (Phi) is 3.03. The van der Waals surface area contributed by atoms with Crippen molar-refractivity contribution in [2.24, 2.45) is 5.92 Å². The molecule has 0 aromatic carbocycles. The van der Waals surface area contributed by atoms with Gasteiger partial charge in [0.15, 0.2) is 10.0 Å². The highest BCUT2D eigenvalue weighted by atomic mass is 35.5. The molecule has 76 valence electrons. The molecule has 1 aliphatic rings. The number of rotatable bonds is 3. The van der Waals surface area contributed by atoms with Crippen LogP contribution in [0.3, 0.4) is 0 Å². The maximum atomic E-state index is 11.4. The van der Waals surface area contributed by atoms with E-state index in [1.54, 1.807) is 5.51 Å². The number of esters is 1. The number of carbonyl (C=O) groups is 1. The van der Waals surface area contributed by atoms with E-state index in [0.717, 1.165) is 0 Å². The fourth-order valence-electron chi connectivity index (χ4n) is 1.28. The van der Waals surface area contributed by atoms with Gasteiger partial charge in [-0.25, -0.2) is 9.78 Å². The first-order valence-corrected chi connectivity index (χ1v) is 5.79. The van der Waals surface area contributed by atoms with Gasteiger partial charge in [-0.3, -0.25) is 0 Å². The van der Waals surface area contributed by atoms with Crippen LogP contribution in [0.5, 0.6) is 0 Å². The predicted octanol–water partition coefficient (Wildman–Crippen LogP) is 2.75. The molecule has 0 bridgehead atoms. The van der Waals surface area contributed by atoms with Crippen molar-refractivity contribution in [3.05, 3.63) is 15.5 Å². The van der Waals surface area contributed by atoms with Crippen LogP contribution in [0.25, 0.3) is 0 Å². The van der Waals surface area contributed by atoms with Crippen molar-refractivity contribution in [3.63, 3.8) is 0 Å². The Morgan fingerprint density at radius 1 is 1.71 bits per heavy atom. The van der Waals surface area contributed by atoms with Gasteiger partial charge in [0, 0.05) is 0 Å². The number of ether oxygens (including phenoxy) is 1. The van der Waals surface area contributed by atoms with Gasteiger partial charge < -0.3 is 4.74 Å². The van der Waals surface area contributed by atoms with Crippen molar-refractivity contribution >= 4 is 28.9 Å². The van der Waals surface area contributed by atoms with E-state index < -0.39 is 0 Å². The van der Waals surface area contributed by atoms with Crippen LogP contribution in [-0.2, 0) is 4.74 Å². The summed E-state index contributed by atoms with van der Waals surface area (Å²) in [7, 11) is 0. The third-order valence-electron chi connectivity index (χ3n) is 2.38. The zero-order valence-corrected chi connectivity index (χ0v) is 9.11. The molecule has 1 heterocycles. The van der Waals surface area contributed by atoms with Crippen molar-refractivity contribution in [2.75, 3.05) is 6.61 Å². The van der Waals surface area contributed by atoms with Crippen molar-refractivity contribution < 1.29 is 9.53 Å². The minimum Gasteiger partial charge on any atom is -0.461 e. The molecule has 0 aliphatic heterocycles. The Morgan fingerprint density at radius 3 is 3.00 bits per heavy atom. The molecule has 0 saturated heterocycles. The van der Waals surface area contributed by atoms with Gasteiger partial charge in [-0.1, -0.05) is 18.0 Å². The lowest BCUT2D eigenvalue weighted by molar-refractivity contribution is 0.0377. The van der Waals surface area contributed by atoms with Crippen LogP contribution in [-0.4, -0.2) is 17.6 Å². The fourth-order valence-corrected chi connectivity index (χ4v) is 2.17. The summed E-state index contributed by atoms with van der Waals surface area (Å²) in [6.45, 7) is 0.521. The Labute approximate surface area is 91.1 Å². The van der Waals surface area contributed by atoms with Crippen LogP contribution < -0.4 is 0 Å². The van der Waals surface area contributed by atoms with Crippen molar-refractivity contribution in [1.82, 2.24) is 4.98 Å². The van der Waals surface area contributed by atoms with Gasteiger partial charge in [0.2, 0.25) is 0 Å². The summed E-state index contributed by atoms with van der Waals surface area (Å²) in [4.78, 5) is 15.6.